The van der Waals surface area contributed by atoms with E-state index < -0.39 is 39.5 Å². The fraction of sp³-hybridized carbons (Fsp3) is 0.379. The third-order valence-corrected chi connectivity index (χ3v) is 7.63. The summed E-state index contributed by atoms with van der Waals surface area (Å²) in [6.07, 6.45) is -2.08. The monoisotopic (exact) mass is 592 g/mol. The summed E-state index contributed by atoms with van der Waals surface area (Å²) in [6, 6.07) is 13.1. The molecule has 0 aliphatic carbocycles. The van der Waals surface area contributed by atoms with Gasteiger partial charge in [-0.2, -0.15) is 13.2 Å². The second-order valence-electron chi connectivity index (χ2n) is 10.5. The molecule has 1 saturated heterocycles. The van der Waals surface area contributed by atoms with Gasteiger partial charge in [0, 0.05) is 25.2 Å². The molecule has 12 heteroatoms. The molecule has 2 N–H and O–H groups in total. The van der Waals surface area contributed by atoms with Crippen molar-refractivity contribution < 1.29 is 30.8 Å². The average molecular weight is 593 g/mol. The van der Waals surface area contributed by atoms with Crippen molar-refractivity contribution in [2.24, 2.45) is 5.92 Å². The van der Waals surface area contributed by atoms with Crippen molar-refractivity contribution in [2.45, 2.75) is 45.3 Å². The number of amides is 1. The number of benzene rings is 2. The van der Waals surface area contributed by atoms with E-state index in [-0.39, 0.29) is 23.6 Å². The Bertz CT molecular complexity index is 1520. The molecule has 1 aromatic heterocycles. The highest BCUT2D eigenvalue weighted by atomic mass is 32.2. The fourth-order valence-corrected chi connectivity index (χ4v) is 5.45. The van der Waals surface area contributed by atoms with Crippen molar-refractivity contribution in [2.75, 3.05) is 29.0 Å². The van der Waals surface area contributed by atoms with E-state index in [9.17, 15) is 30.8 Å². The summed E-state index contributed by atoms with van der Waals surface area (Å²) in [6.45, 7) is 4.95. The van der Waals surface area contributed by atoms with Crippen molar-refractivity contribution in [3.63, 3.8) is 0 Å². The predicted molar refractivity (Wildman–Crippen MR) is 150 cm³/mol. The molecule has 7 nitrogen and oxygen atoms in total. The van der Waals surface area contributed by atoms with Gasteiger partial charge in [0.25, 0.3) is 0 Å². The molecule has 220 valence electrons. The van der Waals surface area contributed by atoms with Crippen molar-refractivity contribution in [3.05, 3.63) is 88.4 Å². The van der Waals surface area contributed by atoms with E-state index >= 15 is 0 Å². The van der Waals surface area contributed by atoms with E-state index in [4.69, 9.17) is 0 Å². The quantitative estimate of drug-likeness (QED) is 0.332. The van der Waals surface area contributed by atoms with Gasteiger partial charge in [0.2, 0.25) is 15.9 Å². The molecule has 1 unspecified atom stereocenters. The Hall–Kier alpha value is -3.67. The number of nitrogens with zero attached hydrogens (tertiary/aromatic N) is 2. The Morgan fingerprint density at radius 3 is 2.37 bits per heavy atom. The van der Waals surface area contributed by atoms with E-state index in [2.05, 4.69) is 21.9 Å². The largest absolute Gasteiger partial charge is 0.433 e. The summed E-state index contributed by atoms with van der Waals surface area (Å²) in [5.74, 6) is -1.70. The smallest absolute Gasteiger partial charge is 0.356 e. The van der Waals surface area contributed by atoms with E-state index in [1.807, 2.05) is 17.9 Å². The Morgan fingerprint density at radius 2 is 1.76 bits per heavy atom. The zero-order valence-corrected chi connectivity index (χ0v) is 23.7. The maximum absolute atomic E-state index is 14.9. The standard InChI is InChI=1S/C29H32F4N4O3S/c1-18-11-13-37(14-12-18)27-22(8-10-25(35-27)29(31,32)33)17-34-28(38)26(20-6-4-5-19(2)15-20)21-7-9-24(23(30)16-21)36-41(3,39)40/h4-10,15-16,18,26,36H,11-14,17H2,1-3H3,(H,34,38). The Labute approximate surface area is 237 Å². The van der Waals surface area contributed by atoms with Crippen molar-refractivity contribution in [1.29, 1.82) is 0 Å². The van der Waals surface area contributed by atoms with Gasteiger partial charge in [-0.3, -0.25) is 9.52 Å². The van der Waals surface area contributed by atoms with E-state index in [0.717, 1.165) is 36.8 Å². The molecule has 3 aromatic rings. The fourth-order valence-electron chi connectivity index (χ4n) is 4.89. The van der Waals surface area contributed by atoms with Gasteiger partial charge in [-0.1, -0.05) is 48.9 Å². The highest BCUT2D eigenvalue weighted by Gasteiger charge is 2.34. The maximum Gasteiger partial charge on any atom is 0.433 e. The number of rotatable bonds is 8. The second kappa shape index (κ2) is 12.1. The number of anilines is 2. The Kier molecular flexibility index (Phi) is 8.91. The Balaban J connectivity index is 1.65. The predicted octanol–water partition coefficient (Wildman–Crippen LogP) is 5.60. The van der Waals surface area contributed by atoms with Gasteiger partial charge in [0.15, 0.2) is 0 Å². The van der Waals surface area contributed by atoms with E-state index in [1.54, 1.807) is 18.2 Å². The van der Waals surface area contributed by atoms with Crippen LogP contribution in [0.25, 0.3) is 0 Å². The number of hydrogen-bond donors (Lipinski definition) is 2. The van der Waals surface area contributed by atoms with Crippen LogP contribution in [0.3, 0.4) is 0 Å². The second-order valence-corrected chi connectivity index (χ2v) is 12.3. The van der Waals surface area contributed by atoms with E-state index in [0.29, 0.717) is 30.1 Å². The van der Waals surface area contributed by atoms with Crippen molar-refractivity contribution in [3.8, 4) is 0 Å². The van der Waals surface area contributed by atoms with Crippen LogP contribution >= 0.6 is 0 Å². The van der Waals surface area contributed by atoms with Gasteiger partial charge in [-0.05, 0) is 55.0 Å². The molecule has 1 atom stereocenters. The molecule has 41 heavy (non-hydrogen) atoms. The number of pyridine rings is 1. The Morgan fingerprint density at radius 1 is 1.07 bits per heavy atom. The van der Waals surface area contributed by atoms with Crippen LogP contribution in [0.4, 0.5) is 29.1 Å². The summed E-state index contributed by atoms with van der Waals surface area (Å²) < 4.78 is 80.6. The first kappa shape index (κ1) is 30.3. The number of alkyl halides is 3. The lowest BCUT2D eigenvalue weighted by Crippen LogP contribution is -2.36. The summed E-state index contributed by atoms with van der Waals surface area (Å²) in [7, 11) is -3.72. The van der Waals surface area contributed by atoms with Crippen molar-refractivity contribution in [1.82, 2.24) is 10.3 Å². The zero-order valence-electron chi connectivity index (χ0n) is 22.9. The number of carbonyl (C=O) groups is 1. The molecular formula is C29H32F4N4O3S. The first-order valence-electron chi connectivity index (χ1n) is 13.1. The minimum absolute atomic E-state index is 0.0934. The molecule has 2 aromatic carbocycles. The third kappa shape index (κ3) is 7.75. The number of aromatic nitrogens is 1. The van der Waals surface area contributed by atoms with Crippen LogP contribution in [0.15, 0.2) is 54.6 Å². The molecule has 0 radical (unpaired) electrons. The van der Waals surface area contributed by atoms with Crippen LogP contribution in [0, 0.1) is 18.7 Å². The van der Waals surface area contributed by atoms with Crippen molar-refractivity contribution >= 4 is 27.4 Å². The minimum Gasteiger partial charge on any atom is -0.356 e. The number of hydrogen-bond acceptors (Lipinski definition) is 5. The lowest BCUT2D eigenvalue weighted by atomic mass is 9.89. The lowest BCUT2D eigenvalue weighted by molar-refractivity contribution is -0.141. The third-order valence-electron chi connectivity index (χ3n) is 7.04. The van der Waals surface area contributed by atoms with Crippen LogP contribution in [0.2, 0.25) is 0 Å². The normalized spacial score (nSPS) is 15.4. The van der Waals surface area contributed by atoms with Gasteiger partial charge in [0.1, 0.15) is 17.3 Å². The lowest BCUT2D eigenvalue weighted by Gasteiger charge is -2.33. The van der Waals surface area contributed by atoms with Gasteiger partial charge in [-0.15, -0.1) is 0 Å². The zero-order chi connectivity index (χ0) is 29.9. The summed E-state index contributed by atoms with van der Waals surface area (Å²) in [5.41, 5.74) is 0.891. The first-order valence-corrected chi connectivity index (χ1v) is 15.0. The van der Waals surface area contributed by atoms with Crippen LogP contribution < -0.4 is 14.9 Å². The molecule has 1 aliphatic rings. The van der Waals surface area contributed by atoms with Gasteiger partial charge in [0.05, 0.1) is 17.9 Å². The van der Waals surface area contributed by atoms with Crippen LogP contribution in [-0.4, -0.2) is 38.7 Å². The minimum atomic E-state index is -4.61. The molecular weight excluding hydrogens is 560 g/mol. The average Bonchev–Trinajstić information content (AvgIpc) is 2.88. The molecule has 0 spiro atoms. The number of piperidine rings is 1. The number of halogens is 4. The van der Waals surface area contributed by atoms with Gasteiger partial charge >= 0.3 is 6.18 Å². The molecule has 1 aliphatic heterocycles. The topological polar surface area (TPSA) is 91.4 Å². The number of aryl methyl sites for hydroxylation is 1. The molecule has 1 amide bonds. The van der Waals surface area contributed by atoms with Crippen LogP contribution in [0.5, 0.6) is 0 Å². The maximum atomic E-state index is 14.9. The summed E-state index contributed by atoms with van der Waals surface area (Å²) >= 11 is 0. The molecule has 1 fully saturated rings. The van der Waals surface area contributed by atoms with Crippen LogP contribution in [0.1, 0.15) is 53.6 Å². The first-order chi connectivity index (χ1) is 19.2. The molecule has 2 heterocycles. The molecule has 0 bridgehead atoms. The highest BCUT2D eigenvalue weighted by molar-refractivity contribution is 7.92. The summed E-state index contributed by atoms with van der Waals surface area (Å²) in [4.78, 5) is 19.4. The number of nitrogens with one attached hydrogen (secondary N) is 2. The summed E-state index contributed by atoms with van der Waals surface area (Å²) in [5, 5.41) is 2.81. The van der Waals surface area contributed by atoms with Gasteiger partial charge < -0.3 is 10.2 Å². The molecule has 4 rings (SSSR count). The number of sulfonamides is 1. The van der Waals surface area contributed by atoms with Crippen LogP contribution in [-0.2, 0) is 27.5 Å². The van der Waals surface area contributed by atoms with Gasteiger partial charge in [-0.25, -0.2) is 17.8 Å². The number of carbonyl (C=O) groups excluding carboxylic acids is 1. The SMILES string of the molecule is Cc1cccc(C(C(=O)NCc2ccc(C(F)(F)F)nc2N2CCC(C)CC2)c2ccc(NS(C)(=O)=O)c(F)c2)c1. The highest BCUT2D eigenvalue weighted by Crippen LogP contribution is 2.33. The molecule has 0 saturated carbocycles. The van der Waals surface area contributed by atoms with E-state index in [1.165, 1.54) is 18.2 Å².